The van der Waals surface area contributed by atoms with Crippen LogP contribution in [-0.4, -0.2) is 42.2 Å². The van der Waals surface area contributed by atoms with Crippen LogP contribution >= 0.6 is 23.4 Å². The molecule has 0 saturated carbocycles. The third kappa shape index (κ3) is 8.23. The zero-order valence-corrected chi connectivity index (χ0v) is 21.0. The quantitative estimate of drug-likeness (QED) is 0.376. The van der Waals surface area contributed by atoms with Gasteiger partial charge >= 0.3 is 0 Å². The van der Waals surface area contributed by atoms with E-state index in [4.69, 9.17) is 16.3 Å². The van der Waals surface area contributed by atoms with Crippen molar-refractivity contribution in [1.82, 2.24) is 10.2 Å². The molecule has 8 heteroatoms. The lowest BCUT2D eigenvalue weighted by Gasteiger charge is -2.30. The average molecular weight is 495 g/mol. The molecule has 0 heterocycles. The summed E-state index contributed by atoms with van der Waals surface area (Å²) >= 11 is 7.38. The highest BCUT2D eigenvalue weighted by molar-refractivity contribution is 7.99. The van der Waals surface area contributed by atoms with Gasteiger partial charge < -0.3 is 15.0 Å². The molecule has 1 atom stereocenters. The van der Waals surface area contributed by atoms with Crippen LogP contribution in [0.25, 0.3) is 0 Å². The van der Waals surface area contributed by atoms with Crippen molar-refractivity contribution >= 4 is 35.2 Å². The summed E-state index contributed by atoms with van der Waals surface area (Å²) in [6.45, 7) is 4.80. The molecule has 2 aromatic rings. The van der Waals surface area contributed by atoms with E-state index in [2.05, 4.69) is 12.2 Å². The number of hydrogen-bond acceptors (Lipinski definition) is 4. The SMILES string of the molecule is CCCCNC(=O)[C@H](CC)N(Cc1cccc(OC)c1)C(=O)CSCc1c(F)cccc1Cl. The van der Waals surface area contributed by atoms with Crippen LogP contribution in [-0.2, 0) is 21.9 Å². The molecule has 5 nitrogen and oxygen atoms in total. The summed E-state index contributed by atoms with van der Waals surface area (Å²) in [7, 11) is 1.59. The van der Waals surface area contributed by atoms with E-state index in [0.29, 0.717) is 29.3 Å². The van der Waals surface area contributed by atoms with Crippen molar-refractivity contribution in [2.75, 3.05) is 19.4 Å². The van der Waals surface area contributed by atoms with Gasteiger partial charge in [0.1, 0.15) is 17.6 Å². The predicted molar refractivity (Wildman–Crippen MR) is 133 cm³/mol. The fraction of sp³-hybridized carbons (Fsp3) is 0.440. The Morgan fingerprint density at radius 3 is 2.64 bits per heavy atom. The number of rotatable bonds is 13. The van der Waals surface area contributed by atoms with Gasteiger partial charge in [0.05, 0.1) is 12.9 Å². The van der Waals surface area contributed by atoms with Crippen LogP contribution in [0.3, 0.4) is 0 Å². The van der Waals surface area contributed by atoms with Gasteiger partial charge in [-0.15, -0.1) is 11.8 Å². The zero-order valence-electron chi connectivity index (χ0n) is 19.4. The Bertz CT molecular complexity index is 908. The van der Waals surface area contributed by atoms with Gasteiger partial charge in [-0.05, 0) is 42.7 Å². The maximum absolute atomic E-state index is 14.1. The third-order valence-electron chi connectivity index (χ3n) is 5.24. The molecule has 0 bridgehead atoms. The fourth-order valence-electron chi connectivity index (χ4n) is 3.39. The number of hydrogen-bond donors (Lipinski definition) is 1. The van der Waals surface area contributed by atoms with Crippen LogP contribution in [0.5, 0.6) is 5.75 Å². The van der Waals surface area contributed by atoms with Crippen molar-refractivity contribution in [2.24, 2.45) is 0 Å². The summed E-state index contributed by atoms with van der Waals surface area (Å²) in [6.07, 6.45) is 2.33. The Balaban J connectivity index is 2.16. The van der Waals surface area contributed by atoms with E-state index < -0.39 is 11.9 Å². The van der Waals surface area contributed by atoms with Crippen LogP contribution in [0, 0.1) is 5.82 Å². The van der Waals surface area contributed by atoms with Gasteiger partial charge in [0, 0.05) is 29.4 Å². The zero-order chi connectivity index (χ0) is 24.2. The molecule has 0 spiro atoms. The normalized spacial score (nSPS) is 11.7. The summed E-state index contributed by atoms with van der Waals surface area (Å²) in [5.74, 6) is 0.315. The second-order valence-electron chi connectivity index (χ2n) is 7.63. The van der Waals surface area contributed by atoms with Gasteiger partial charge in [-0.25, -0.2) is 4.39 Å². The van der Waals surface area contributed by atoms with Gasteiger partial charge in [0.25, 0.3) is 0 Å². The lowest BCUT2D eigenvalue weighted by molar-refractivity contribution is -0.139. The maximum atomic E-state index is 14.1. The standard InChI is InChI=1S/C25H32ClFN2O3S/c1-4-6-13-28-25(31)23(5-2)29(15-18-9-7-10-19(14-18)32-3)24(30)17-33-16-20-21(26)11-8-12-22(20)27/h7-12,14,23H,4-6,13,15-17H2,1-3H3,(H,28,31)/t23-/m0/s1. The van der Waals surface area contributed by atoms with Crippen molar-refractivity contribution < 1.29 is 18.7 Å². The number of unbranched alkanes of at least 4 members (excludes halogenated alkanes) is 1. The summed E-state index contributed by atoms with van der Waals surface area (Å²) in [4.78, 5) is 27.8. The number of thioether (sulfide) groups is 1. The summed E-state index contributed by atoms with van der Waals surface area (Å²) < 4.78 is 19.4. The molecule has 1 N–H and O–H groups in total. The lowest BCUT2D eigenvalue weighted by atomic mass is 10.1. The molecule has 2 rings (SSSR count). The number of carbonyl (C=O) groups is 2. The first-order valence-electron chi connectivity index (χ1n) is 11.1. The monoisotopic (exact) mass is 494 g/mol. The maximum Gasteiger partial charge on any atom is 0.242 e. The van der Waals surface area contributed by atoms with E-state index in [1.54, 1.807) is 24.1 Å². The Labute approximate surface area is 205 Å². The lowest BCUT2D eigenvalue weighted by Crippen LogP contribution is -2.49. The molecule has 0 unspecified atom stereocenters. The second kappa shape index (κ2) is 14.1. The Morgan fingerprint density at radius 1 is 1.21 bits per heavy atom. The van der Waals surface area contributed by atoms with Crippen molar-refractivity contribution in [1.29, 1.82) is 0 Å². The number of carbonyl (C=O) groups excluding carboxylic acids is 2. The van der Waals surface area contributed by atoms with Crippen LogP contribution < -0.4 is 10.1 Å². The minimum absolute atomic E-state index is 0.105. The summed E-state index contributed by atoms with van der Waals surface area (Å²) in [5, 5.41) is 3.28. The molecule has 0 saturated heterocycles. The Morgan fingerprint density at radius 2 is 1.97 bits per heavy atom. The molecule has 0 aliphatic carbocycles. The molecule has 2 aromatic carbocycles. The van der Waals surface area contributed by atoms with Crippen LogP contribution in [0.4, 0.5) is 4.39 Å². The van der Waals surface area contributed by atoms with Crippen LogP contribution in [0.2, 0.25) is 5.02 Å². The molecule has 0 aliphatic rings. The van der Waals surface area contributed by atoms with Gasteiger partial charge in [-0.2, -0.15) is 0 Å². The number of ether oxygens (including phenoxy) is 1. The van der Waals surface area contributed by atoms with Gasteiger partial charge in [-0.1, -0.05) is 50.1 Å². The molecular formula is C25H32ClFN2O3S. The van der Waals surface area contributed by atoms with Crippen molar-refractivity contribution in [3.05, 3.63) is 64.4 Å². The highest BCUT2D eigenvalue weighted by Gasteiger charge is 2.28. The predicted octanol–water partition coefficient (Wildman–Crippen LogP) is 5.44. The van der Waals surface area contributed by atoms with Crippen molar-refractivity contribution in [2.45, 2.75) is 51.4 Å². The first kappa shape index (κ1) is 27.0. The minimum atomic E-state index is -0.599. The number of halogens is 2. The van der Waals surface area contributed by atoms with E-state index in [1.165, 1.54) is 17.8 Å². The molecular weight excluding hydrogens is 463 g/mol. The summed E-state index contributed by atoms with van der Waals surface area (Å²) in [6, 6.07) is 11.4. The Kier molecular flexibility index (Phi) is 11.5. The number of amides is 2. The van der Waals surface area contributed by atoms with E-state index in [9.17, 15) is 14.0 Å². The van der Waals surface area contributed by atoms with Crippen molar-refractivity contribution in [3.8, 4) is 5.75 Å². The van der Waals surface area contributed by atoms with Gasteiger partial charge in [0.15, 0.2) is 0 Å². The molecule has 0 radical (unpaired) electrons. The molecule has 0 fully saturated rings. The highest BCUT2D eigenvalue weighted by atomic mass is 35.5. The fourth-order valence-corrected chi connectivity index (χ4v) is 4.64. The van der Waals surface area contributed by atoms with E-state index in [0.717, 1.165) is 18.4 Å². The van der Waals surface area contributed by atoms with E-state index in [1.807, 2.05) is 31.2 Å². The first-order valence-corrected chi connectivity index (χ1v) is 12.6. The average Bonchev–Trinajstić information content (AvgIpc) is 2.81. The number of nitrogens with zero attached hydrogens (tertiary/aromatic N) is 1. The number of nitrogens with one attached hydrogen (secondary N) is 1. The first-order chi connectivity index (χ1) is 15.9. The second-order valence-corrected chi connectivity index (χ2v) is 9.03. The topological polar surface area (TPSA) is 58.6 Å². The van der Waals surface area contributed by atoms with Gasteiger partial charge in [-0.3, -0.25) is 9.59 Å². The smallest absolute Gasteiger partial charge is 0.242 e. The van der Waals surface area contributed by atoms with Gasteiger partial charge in [0.2, 0.25) is 11.8 Å². The van der Waals surface area contributed by atoms with E-state index >= 15 is 0 Å². The Hall–Kier alpha value is -2.25. The summed E-state index contributed by atoms with van der Waals surface area (Å²) in [5.41, 5.74) is 1.24. The van der Waals surface area contributed by atoms with Crippen LogP contribution in [0.15, 0.2) is 42.5 Å². The van der Waals surface area contributed by atoms with Crippen LogP contribution in [0.1, 0.15) is 44.2 Å². The van der Waals surface area contributed by atoms with Crippen molar-refractivity contribution in [3.63, 3.8) is 0 Å². The molecule has 0 aliphatic heterocycles. The minimum Gasteiger partial charge on any atom is -0.497 e. The number of benzene rings is 2. The molecule has 180 valence electrons. The van der Waals surface area contributed by atoms with E-state index in [-0.39, 0.29) is 29.9 Å². The third-order valence-corrected chi connectivity index (χ3v) is 6.53. The molecule has 2 amide bonds. The number of methoxy groups -OCH3 is 1. The molecule has 0 aromatic heterocycles. The largest absolute Gasteiger partial charge is 0.497 e. The highest BCUT2D eigenvalue weighted by Crippen LogP contribution is 2.25. The molecule has 33 heavy (non-hydrogen) atoms.